The van der Waals surface area contributed by atoms with Gasteiger partial charge in [-0.2, -0.15) is 0 Å². The van der Waals surface area contributed by atoms with Crippen LogP contribution in [0.1, 0.15) is 11.1 Å². The van der Waals surface area contributed by atoms with E-state index in [9.17, 15) is 14.4 Å². The van der Waals surface area contributed by atoms with Crippen LogP contribution in [-0.2, 0) is 33.5 Å². The highest BCUT2D eigenvalue weighted by Gasteiger charge is 2.74. The molecule has 2 heterocycles. The average molecular weight is 502 g/mol. The van der Waals surface area contributed by atoms with Crippen molar-refractivity contribution in [2.24, 2.45) is 0 Å². The molecule has 7 nitrogen and oxygen atoms in total. The normalized spacial score (nSPS) is 22.5. The number of nitrogens with zero attached hydrogens (tertiary/aromatic N) is 1. The lowest BCUT2D eigenvalue weighted by Crippen LogP contribution is -2.52. The molecular weight excluding hydrogens is 478 g/mol. The Morgan fingerprint density at radius 1 is 0.722 bits per heavy atom. The minimum atomic E-state index is -1.53. The van der Waals surface area contributed by atoms with E-state index >= 15 is 0 Å². The van der Waals surface area contributed by atoms with Crippen molar-refractivity contribution in [3.05, 3.63) is 107 Å². The maximum absolute atomic E-state index is 14.6. The second kappa shape index (κ2) is 8.87. The van der Waals surface area contributed by atoms with Crippen molar-refractivity contribution in [2.45, 2.75) is 9.62 Å². The molecule has 1 saturated heterocycles. The van der Waals surface area contributed by atoms with Gasteiger partial charge in [0.25, 0.3) is 5.91 Å². The van der Waals surface area contributed by atoms with Gasteiger partial charge in [0.15, 0.2) is 9.62 Å². The number of carbonyl (C=O) groups excluding carboxylic acids is 3. The fourth-order valence-corrected chi connectivity index (χ4v) is 6.98. The van der Waals surface area contributed by atoms with E-state index in [4.69, 9.17) is 14.2 Å². The average Bonchev–Trinajstić information content (AvgIpc) is 3.41. The van der Waals surface area contributed by atoms with E-state index in [1.807, 2.05) is 24.3 Å². The summed E-state index contributed by atoms with van der Waals surface area (Å²) in [5, 5.41) is 0. The Hall–Kier alpha value is -4.04. The van der Waals surface area contributed by atoms with Gasteiger partial charge in [0.1, 0.15) is 5.75 Å². The Morgan fingerprint density at radius 2 is 1.28 bits per heavy atom. The van der Waals surface area contributed by atoms with E-state index in [0.29, 0.717) is 22.6 Å². The van der Waals surface area contributed by atoms with Crippen LogP contribution >= 0.6 is 11.8 Å². The highest BCUT2D eigenvalue weighted by atomic mass is 32.2. The molecule has 2 aliphatic rings. The molecule has 36 heavy (non-hydrogen) atoms. The fraction of sp³-hybridized carbons (Fsp3) is 0.179. The zero-order chi connectivity index (χ0) is 25.5. The van der Waals surface area contributed by atoms with Crippen molar-refractivity contribution in [3.8, 4) is 5.75 Å². The number of carbonyl (C=O) groups is 3. The third-order valence-corrected chi connectivity index (χ3v) is 8.35. The van der Waals surface area contributed by atoms with Gasteiger partial charge >= 0.3 is 11.9 Å². The molecular formula is C28H23NO6S. The predicted octanol–water partition coefficient (Wildman–Crippen LogP) is 4.18. The quantitative estimate of drug-likeness (QED) is 0.469. The summed E-state index contributed by atoms with van der Waals surface area (Å²) in [5.41, 5.74) is 1.78. The number of thioether (sulfide) groups is 1. The third kappa shape index (κ3) is 3.10. The van der Waals surface area contributed by atoms with Crippen molar-refractivity contribution < 1.29 is 28.6 Å². The van der Waals surface area contributed by atoms with Gasteiger partial charge in [-0.25, -0.2) is 9.59 Å². The number of anilines is 1. The molecule has 0 saturated carbocycles. The number of fused-ring (bicyclic) bond motifs is 2. The summed E-state index contributed by atoms with van der Waals surface area (Å²) in [7, 11) is 4.05. The van der Waals surface area contributed by atoms with E-state index in [0.717, 1.165) is 0 Å². The van der Waals surface area contributed by atoms with Crippen molar-refractivity contribution in [1.82, 2.24) is 0 Å². The Labute approximate surface area is 212 Å². The molecule has 3 aromatic carbocycles. The van der Waals surface area contributed by atoms with Gasteiger partial charge in [-0.05, 0) is 35.4 Å². The van der Waals surface area contributed by atoms with Crippen LogP contribution < -0.4 is 9.64 Å². The topological polar surface area (TPSA) is 82.1 Å². The largest absolute Gasteiger partial charge is 0.497 e. The van der Waals surface area contributed by atoms with E-state index < -0.39 is 21.6 Å². The van der Waals surface area contributed by atoms with Crippen molar-refractivity contribution >= 4 is 35.3 Å². The minimum Gasteiger partial charge on any atom is -0.497 e. The molecule has 2 unspecified atom stereocenters. The lowest BCUT2D eigenvalue weighted by atomic mass is 9.78. The molecule has 5 rings (SSSR count). The molecule has 0 aromatic heterocycles. The van der Waals surface area contributed by atoms with E-state index in [1.165, 1.54) is 26.0 Å². The van der Waals surface area contributed by atoms with E-state index in [-0.39, 0.29) is 17.1 Å². The maximum atomic E-state index is 14.6. The Bertz CT molecular complexity index is 1370. The van der Waals surface area contributed by atoms with Crippen LogP contribution in [0.2, 0.25) is 0 Å². The van der Waals surface area contributed by atoms with Gasteiger partial charge < -0.3 is 14.2 Å². The number of hydrogen-bond donors (Lipinski definition) is 0. The number of hydrogen-bond acceptors (Lipinski definition) is 7. The first-order chi connectivity index (χ1) is 17.4. The van der Waals surface area contributed by atoms with Crippen molar-refractivity contribution in [1.29, 1.82) is 0 Å². The zero-order valence-electron chi connectivity index (χ0n) is 19.9. The summed E-state index contributed by atoms with van der Waals surface area (Å²) in [6.45, 7) is 0. The van der Waals surface area contributed by atoms with Crippen LogP contribution in [0, 0.1) is 0 Å². The lowest BCUT2D eigenvalue weighted by molar-refractivity contribution is -0.141. The molecule has 3 aromatic rings. The van der Waals surface area contributed by atoms with Crippen LogP contribution in [-0.4, -0.2) is 39.2 Å². The standard InChI is InChI=1S/C28H23NO6S/c1-33-21-16-14-19(15-17-21)28-23(25(31)35-3)22(24(30)34-2)27(36-28,18-10-6-4-7-11-18)26(32)29(28)20-12-8-5-9-13-20/h4-17H,1-3H3. The summed E-state index contributed by atoms with van der Waals surface area (Å²) in [6.07, 6.45) is 0. The molecule has 0 radical (unpaired) electrons. The van der Waals surface area contributed by atoms with Gasteiger partial charge in [-0.15, -0.1) is 0 Å². The Morgan fingerprint density at radius 3 is 1.83 bits per heavy atom. The molecule has 1 amide bonds. The fourth-order valence-electron chi connectivity index (χ4n) is 4.99. The van der Waals surface area contributed by atoms with Crippen molar-refractivity contribution in [2.75, 3.05) is 26.2 Å². The predicted molar refractivity (Wildman–Crippen MR) is 135 cm³/mol. The summed E-state index contributed by atoms with van der Waals surface area (Å²) in [6, 6.07) is 25.2. The molecule has 0 aliphatic carbocycles. The van der Waals surface area contributed by atoms with Crippen LogP contribution in [0.4, 0.5) is 5.69 Å². The second-order valence-corrected chi connectivity index (χ2v) is 9.64. The van der Waals surface area contributed by atoms with Crippen LogP contribution in [0.15, 0.2) is 96.1 Å². The maximum Gasteiger partial charge on any atom is 0.338 e. The number of benzene rings is 3. The van der Waals surface area contributed by atoms with E-state index in [1.54, 1.807) is 72.7 Å². The second-order valence-electron chi connectivity index (χ2n) is 8.23. The summed E-state index contributed by atoms with van der Waals surface area (Å²) in [5.74, 6) is -1.22. The number of amides is 1. The highest BCUT2D eigenvalue weighted by Crippen LogP contribution is 2.71. The van der Waals surface area contributed by atoms with Crippen molar-refractivity contribution in [3.63, 3.8) is 0 Å². The summed E-state index contributed by atoms with van der Waals surface area (Å²) in [4.78, 5) is 41.7. The van der Waals surface area contributed by atoms with Gasteiger partial charge in [0.05, 0.1) is 32.5 Å². The van der Waals surface area contributed by atoms with Gasteiger partial charge in [-0.1, -0.05) is 72.4 Å². The van der Waals surface area contributed by atoms with Gasteiger partial charge in [0.2, 0.25) is 0 Å². The molecule has 0 spiro atoms. The SMILES string of the molecule is COC(=O)C1=C(C(=O)OC)C2(c3ccc(OC)cc3)SC1(c1ccccc1)C(=O)N2c1ccccc1. The van der Waals surface area contributed by atoms with E-state index in [2.05, 4.69) is 0 Å². The first-order valence-corrected chi connectivity index (χ1v) is 12.0. The monoisotopic (exact) mass is 501 g/mol. The highest BCUT2D eigenvalue weighted by molar-refractivity contribution is 8.03. The van der Waals surface area contributed by atoms with Crippen LogP contribution in [0.3, 0.4) is 0 Å². The summed E-state index contributed by atoms with van der Waals surface area (Å²) >= 11 is 1.22. The molecule has 1 fully saturated rings. The molecule has 8 heteroatoms. The minimum absolute atomic E-state index is 0.0268. The first-order valence-electron chi connectivity index (χ1n) is 11.2. The first kappa shape index (κ1) is 23.7. The number of esters is 2. The number of methoxy groups -OCH3 is 3. The number of ether oxygens (including phenoxy) is 3. The number of para-hydroxylation sites is 1. The molecule has 2 atom stereocenters. The molecule has 182 valence electrons. The number of rotatable bonds is 6. The zero-order valence-corrected chi connectivity index (χ0v) is 20.7. The van der Waals surface area contributed by atoms with Gasteiger partial charge in [-0.3, -0.25) is 9.69 Å². The van der Waals surface area contributed by atoms with Crippen LogP contribution in [0.25, 0.3) is 0 Å². The molecule has 0 N–H and O–H groups in total. The molecule has 2 bridgehead atoms. The Balaban J connectivity index is 1.93. The lowest BCUT2D eigenvalue weighted by Gasteiger charge is -2.40. The van der Waals surface area contributed by atoms with Gasteiger partial charge in [0, 0.05) is 5.69 Å². The third-order valence-electron chi connectivity index (χ3n) is 6.52. The smallest absolute Gasteiger partial charge is 0.338 e. The summed E-state index contributed by atoms with van der Waals surface area (Å²) < 4.78 is 14.2. The molecule has 2 aliphatic heterocycles. The Kier molecular flexibility index (Phi) is 5.84. The van der Waals surface area contributed by atoms with Crippen LogP contribution in [0.5, 0.6) is 5.75 Å².